The fourth-order valence-corrected chi connectivity index (χ4v) is 4.76. The predicted molar refractivity (Wildman–Crippen MR) is 81.5 cm³/mol. The topological polar surface area (TPSA) is 31.6 Å². The van der Waals surface area contributed by atoms with E-state index in [-0.39, 0.29) is 0 Å². The number of nitrogens with zero attached hydrogens (tertiary/aromatic N) is 1. The fraction of sp³-hybridized carbons (Fsp3) is 0.667. The molecule has 0 spiro atoms. The Bertz CT molecular complexity index is 353. The zero-order valence-electron chi connectivity index (χ0n) is 13.2. The van der Waals surface area contributed by atoms with E-state index in [1.807, 2.05) is 20.8 Å². The molecule has 0 aliphatic carbocycles. The van der Waals surface area contributed by atoms with Gasteiger partial charge in [0.15, 0.2) is 12.4 Å². The van der Waals surface area contributed by atoms with Gasteiger partial charge in [0.05, 0.1) is 0 Å². The standard InChI is InChI=1S/C15H28NO3Si/c1-5-16-12-9-15(10-13-16)11-14-20(17-6-2,18-7-3)19-8-4/h9-10,12-13H,5-8,11,14H2,1-4H3/q+1. The van der Waals surface area contributed by atoms with E-state index in [1.165, 1.54) is 5.56 Å². The summed E-state index contributed by atoms with van der Waals surface area (Å²) in [6, 6.07) is 5.15. The first-order valence-corrected chi connectivity index (χ1v) is 9.52. The minimum absolute atomic E-state index is 0.636. The third-order valence-corrected chi connectivity index (χ3v) is 6.19. The van der Waals surface area contributed by atoms with Gasteiger partial charge in [-0.15, -0.1) is 0 Å². The number of rotatable bonds is 10. The van der Waals surface area contributed by atoms with Gasteiger partial charge in [-0.05, 0) is 39.7 Å². The van der Waals surface area contributed by atoms with Gasteiger partial charge >= 0.3 is 8.80 Å². The summed E-state index contributed by atoms with van der Waals surface area (Å²) in [5.74, 6) is 0. The SMILES string of the molecule is CCO[Si](CCc1cc[n+](CC)cc1)(OCC)OCC. The number of pyridine rings is 1. The first kappa shape index (κ1) is 17.3. The highest BCUT2D eigenvalue weighted by atomic mass is 28.4. The van der Waals surface area contributed by atoms with Gasteiger partial charge in [-0.1, -0.05) is 0 Å². The van der Waals surface area contributed by atoms with Crippen molar-refractivity contribution in [1.29, 1.82) is 0 Å². The van der Waals surface area contributed by atoms with Gasteiger partial charge in [0.25, 0.3) is 0 Å². The molecule has 0 bridgehead atoms. The minimum Gasteiger partial charge on any atom is -0.374 e. The number of hydrogen-bond acceptors (Lipinski definition) is 3. The Morgan fingerprint density at radius 3 is 1.80 bits per heavy atom. The summed E-state index contributed by atoms with van der Waals surface area (Å²) in [6.45, 7) is 11.0. The molecule has 0 saturated heterocycles. The summed E-state index contributed by atoms with van der Waals surface area (Å²) >= 11 is 0. The Labute approximate surface area is 124 Å². The van der Waals surface area contributed by atoms with Gasteiger partial charge in [0.2, 0.25) is 0 Å². The molecule has 0 aromatic carbocycles. The molecular weight excluding hydrogens is 270 g/mol. The average molecular weight is 298 g/mol. The molecule has 0 atom stereocenters. The molecule has 0 fully saturated rings. The number of hydrogen-bond donors (Lipinski definition) is 0. The summed E-state index contributed by atoms with van der Waals surface area (Å²) in [5, 5.41) is 0. The lowest BCUT2D eigenvalue weighted by Gasteiger charge is -2.28. The molecule has 0 aliphatic heterocycles. The maximum Gasteiger partial charge on any atom is 0.501 e. The molecule has 114 valence electrons. The van der Waals surface area contributed by atoms with Crippen LogP contribution in [0.15, 0.2) is 24.5 Å². The summed E-state index contributed by atoms with van der Waals surface area (Å²) in [6.07, 6.45) is 5.15. The highest BCUT2D eigenvalue weighted by molar-refractivity contribution is 6.60. The van der Waals surface area contributed by atoms with Gasteiger partial charge in [-0.3, -0.25) is 0 Å². The smallest absolute Gasteiger partial charge is 0.374 e. The first-order chi connectivity index (χ1) is 9.69. The maximum atomic E-state index is 5.87. The zero-order valence-corrected chi connectivity index (χ0v) is 14.2. The van der Waals surface area contributed by atoms with Crippen LogP contribution < -0.4 is 4.57 Å². The van der Waals surface area contributed by atoms with Gasteiger partial charge in [-0.2, -0.15) is 0 Å². The van der Waals surface area contributed by atoms with Crippen molar-refractivity contribution in [2.24, 2.45) is 0 Å². The van der Waals surface area contributed by atoms with E-state index in [4.69, 9.17) is 13.3 Å². The second-order valence-corrected chi connectivity index (χ2v) is 7.25. The van der Waals surface area contributed by atoms with Crippen LogP contribution >= 0.6 is 0 Å². The van der Waals surface area contributed by atoms with Crippen molar-refractivity contribution in [3.8, 4) is 0 Å². The first-order valence-electron chi connectivity index (χ1n) is 7.59. The quantitative estimate of drug-likeness (QED) is 0.491. The minimum atomic E-state index is -2.51. The molecule has 1 aromatic heterocycles. The monoisotopic (exact) mass is 298 g/mol. The maximum absolute atomic E-state index is 5.87. The second-order valence-electron chi connectivity index (χ2n) is 4.52. The summed E-state index contributed by atoms with van der Waals surface area (Å²) < 4.78 is 19.8. The highest BCUT2D eigenvalue weighted by Gasteiger charge is 2.39. The van der Waals surface area contributed by atoms with Crippen LogP contribution in [0.4, 0.5) is 0 Å². The lowest BCUT2D eigenvalue weighted by Crippen LogP contribution is -2.46. The Morgan fingerprint density at radius 2 is 1.40 bits per heavy atom. The number of aryl methyl sites for hydroxylation is 2. The van der Waals surface area contributed by atoms with E-state index in [0.29, 0.717) is 19.8 Å². The van der Waals surface area contributed by atoms with Crippen molar-refractivity contribution in [2.45, 2.75) is 46.7 Å². The molecule has 0 amide bonds. The van der Waals surface area contributed by atoms with E-state index in [2.05, 4.69) is 36.0 Å². The van der Waals surface area contributed by atoms with Crippen molar-refractivity contribution in [2.75, 3.05) is 19.8 Å². The van der Waals surface area contributed by atoms with E-state index >= 15 is 0 Å². The van der Waals surface area contributed by atoms with Crippen molar-refractivity contribution >= 4 is 8.80 Å². The predicted octanol–water partition coefficient (Wildman–Crippen LogP) is 2.58. The average Bonchev–Trinajstić information content (AvgIpc) is 2.46. The van der Waals surface area contributed by atoms with Crippen LogP contribution in [-0.2, 0) is 26.2 Å². The van der Waals surface area contributed by atoms with Crippen LogP contribution in [-0.4, -0.2) is 28.6 Å². The lowest BCUT2D eigenvalue weighted by molar-refractivity contribution is -0.693. The normalized spacial score (nSPS) is 11.8. The van der Waals surface area contributed by atoms with Crippen LogP contribution in [0, 0.1) is 0 Å². The van der Waals surface area contributed by atoms with Crippen molar-refractivity contribution in [3.63, 3.8) is 0 Å². The molecular formula is C15H28NO3Si+. The van der Waals surface area contributed by atoms with Crippen LogP contribution in [0.3, 0.4) is 0 Å². The van der Waals surface area contributed by atoms with E-state index in [0.717, 1.165) is 19.0 Å². The molecule has 0 saturated carbocycles. The molecule has 1 heterocycles. The second kappa shape index (κ2) is 9.23. The Kier molecular flexibility index (Phi) is 7.99. The van der Waals surface area contributed by atoms with Crippen molar-refractivity contribution in [1.82, 2.24) is 0 Å². The Hall–Kier alpha value is -0.753. The van der Waals surface area contributed by atoms with Gasteiger partial charge in [0.1, 0.15) is 6.54 Å². The summed E-state index contributed by atoms with van der Waals surface area (Å²) in [7, 11) is -2.51. The molecule has 0 unspecified atom stereocenters. The van der Waals surface area contributed by atoms with Crippen LogP contribution in [0.5, 0.6) is 0 Å². The molecule has 1 rings (SSSR count). The summed E-state index contributed by atoms with van der Waals surface area (Å²) in [5.41, 5.74) is 1.30. The molecule has 0 radical (unpaired) electrons. The van der Waals surface area contributed by atoms with Crippen molar-refractivity contribution in [3.05, 3.63) is 30.1 Å². The van der Waals surface area contributed by atoms with E-state index in [9.17, 15) is 0 Å². The molecule has 0 aliphatic rings. The zero-order chi connectivity index (χ0) is 14.8. The van der Waals surface area contributed by atoms with Crippen LogP contribution in [0.2, 0.25) is 6.04 Å². The Morgan fingerprint density at radius 1 is 0.900 bits per heavy atom. The molecule has 20 heavy (non-hydrogen) atoms. The molecule has 0 N–H and O–H groups in total. The highest BCUT2D eigenvalue weighted by Crippen LogP contribution is 2.18. The summed E-state index contributed by atoms with van der Waals surface area (Å²) in [4.78, 5) is 0. The fourth-order valence-electron chi connectivity index (χ4n) is 2.16. The Balaban J connectivity index is 2.67. The largest absolute Gasteiger partial charge is 0.501 e. The van der Waals surface area contributed by atoms with Crippen LogP contribution in [0.1, 0.15) is 33.3 Å². The van der Waals surface area contributed by atoms with Gasteiger partial charge in [-0.25, -0.2) is 4.57 Å². The lowest BCUT2D eigenvalue weighted by atomic mass is 10.2. The van der Waals surface area contributed by atoms with Crippen molar-refractivity contribution < 1.29 is 17.8 Å². The third kappa shape index (κ3) is 5.32. The van der Waals surface area contributed by atoms with E-state index < -0.39 is 8.80 Å². The van der Waals surface area contributed by atoms with Gasteiger partial charge in [0, 0.05) is 38.0 Å². The van der Waals surface area contributed by atoms with E-state index in [1.54, 1.807) is 0 Å². The third-order valence-electron chi connectivity index (χ3n) is 3.14. The van der Waals surface area contributed by atoms with Gasteiger partial charge < -0.3 is 13.3 Å². The molecule has 1 aromatic rings. The molecule has 4 nitrogen and oxygen atoms in total. The number of aromatic nitrogens is 1. The molecule has 5 heteroatoms. The van der Waals surface area contributed by atoms with Crippen LogP contribution in [0.25, 0.3) is 0 Å².